The molecule has 2 aromatic heterocycles. The van der Waals surface area contributed by atoms with E-state index >= 15 is 0 Å². The summed E-state index contributed by atoms with van der Waals surface area (Å²) in [4.78, 5) is 6.64. The topological polar surface area (TPSA) is 15.8 Å². The minimum absolute atomic E-state index is 0.423. The van der Waals surface area contributed by atoms with Gasteiger partial charge in [0, 0.05) is 37.5 Å². The van der Waals surface area contributed by atoms with Gasteiger partial charge in [-0.2, -0.15) is 0 Å². The van der Waals surface area contributed by atoms with Crippen LogP contribution in [0.4, 0.5) is 0 Å². The van der Waals surface area contributed by atoms with E-state index in [4.69, 9.17) is 0 Å². The Labute approximate surface area is 269 Å². The van der Waals surface area contributed by atoms with Gasteiger partial charge in [0.15, 0.2) is 0 Å². The molecule has 5 aromatic rings. The quantitative estimate of drug-likeness (QED) is 0.211. The summed E-state index contributed by atoms with van der Waals surface area (Å²) in [6.07, 6.45) is 26.6. The first-order valence-corrected chi connectivity index (χ1v) is 17.5. The Bertz CT molecular complexity index is 2150. The lowest BCUT2D eigenvalue weighted by molar-refractivity contribution is 0.693. The van der Waals surface area contributed by atoms with Gasteiger partial charge in [-0.3, -0.25) is 0 Å². The van der Waals surface area contributed by atoms with E-state index in [1.54, 1.807) is 22.3 Å². The fraction of sp³-hybridized carbons (Fsp3) is 0.209. The third-order valence-corrected chi connectivity index (χ3v) is 11.7. The standard InChI is InChI=1S/C43H37NS/c1-4-12-28(13-5-1)31-20-23-36-39-26-33(29-14-6-2-7-15-29)25-38(43(39)45-42(36)37(24-31)30-16-8-3-9-17-30)32-21-22-35-34-18-10-11-19-40(34)44-41(35)27-32/h2-3,6,8-12,14,16-22,24-25,27,33,44H,1,4-5,7,13,15,23,26H2. The molecule has 0 radical (unpaired) electrons. The molecule has 0 bridgehead atoms. The molecule has 1 atom stereocenters. The predicted octanol–water partition coefficient (Wildman–Crippen LogP) is 11.7. The second-order valence-corrected chi connectivity index (χ2v) is 14.0. The molecule has 1 N–H and O–H groups in total. The van der Waals surface area contributed by atoms with Gasteiger partial charge in [0.1, 0.15) is 0 Å². The van der Waals surface area contributed by atoms with Crippen LogP contribution in [0.5, 0.6) is 0 Å². The van der Waals surface area contributed by atoms with Crippen LogP contribution in [0, 0.1) is 5.92 Å². The minimum Gasteiger partial charge on any atom is -0.354 e. The average Bonchev–Trinajstić information content (AvgIpc) is 3.60. The van der Waals surface area contributed by atoms with Gasteiger partial charge in [-0.15, -0.1) is 11.3 Å². The normalized spacial score (nSPS) is 19.6. The zero-order valence-electron chi connectivity index (χ0n) is 25.6. The number of aromatic nitrogens is 1. The summed E-state index contributed by atoms with van der Waals surface area (Å²) in [5.41, 5.74) is 15.5. The Kier molecular flexibility index (Phi) is 6.71. The molecule has 0 aliphatic heterocycles. The highest BCUT2D eigenvalue weighted by Crippen LogP contribution is 2.49. The van der Waals surface area contributed by atoms with Gasteiger partial charge < -0.3 is 4.98 Å². The molecule has 45 heavy (non-hydrogen) atoms. The molecule has 0 fully saturated rings. The highest BCUT2D eigenvalue weighted by Gasteiger charge is 2.31. The highest BCUT2D eigenvalue weighted by atomic mass is 32.1. The van der Waals surface area contributed by atoms with Crippen LogP contribution in [0.15, 0.2) is 132 Å². The molecule has 0 amide bonds. The van der Waals surface area contributed by atoms with Crippen LogP contribution in [0.1, 0.15) is 70.5 Å². The van der Waals surface area contributed by atoms with E-state index < -0.39 is 0 Å². The number of aromatic amines is 1. The van der Waals surface area contributed by atoms with Gasteiger partial charge in [0.25, 0.3) is 0 Å². The second-order valence-electron chi connectivity index (χ2n) is 13.0. The van der Waals surface area contributed by atoms with Crippen LogP contribution in [0.2, 0.25) is 0 Å². The van der Waals surface area contributed by atoms with E-state index in [1.165, 1.54) is 85.1 Å². The minimum atomic E-state index is 0.423. The number of rotatable bonds is 4. The lowest BCUT2D eigenvalue weighted by Gasteiger charge is -2.26. The summed E-state index contributed by atoms with van der Waals surface area (Å²) in [7, 11) is 0. The number of hydrogen-bond acceptors (Lipinski definition) is 1. The molecule has 220 valence electrons. The third-order valence-electron chi connectivity index (χ3n) is 10.3. The SMILES string of the molecule is C1=CCCC(C2C=C(c3ccc4c(c3)[nH]c3ccccc34)c3sc4c(c3C2)CC=C(C2=CCCCC2)C=C4c2ccccc2)=C1. The van der Waals surface area contributed by atoms with E-state index in [0.717, 1.165) is 25.7 Å². The highest BCUT2D eigenvalue weighted by molar-refractivity contribution is 7.14. The van der Waals surface area contributed by atoms with Crippen molar-refractivity contribution in [2.45, 2.75) is 51.4 Å². The zero-order chi connectivity index (χ0) is 29.7. The summed E-state index contributed by atoms with van der Waals surface area (Å²) in [6.45, 7) is 0. The molecule has 0 spiro atoms. The first kappa shape index (κ1) is 27.0. The zero-order valence-corrected chi connectivity index (χ0v) is 26.4. The summed E-state index contributed by atoms with van der Waals surface area (Å²) in [6, 6.07) is 26.9. The average molecular weight is 600 g/mol. The number of nitrogens with one attached hydrogen (secondary N) is 1. The smallest absolute Gasteiger partial charge is 0.0471 e. The van der Waals surface area contributed by atoms with E-state index in [0.29, 0.717) is 5.92 Å². The van der Waals surface area contributed by atoms with Crippen LogP contribution in [-0.4, -0.2) is 4.98 Å². The third kappa shape index (κ3) is 4.75. The number of allylic oxidation sites excluding steroid dienone is 10. The first-order valence-electron chi connectivity index (χ1n) is 16.7. The number of fused-ring (bicyclic) bond motifs is 6. The summed E-state index contributed by atoms with van der Waals surface area (Å²) < 4.78 is 0. The lowest BCUT2D eigenvalue weighted by Crippen LogP contribution is -2.14. The van der Waals surface area contributed by atoms with E-state index in [2.05, 4.69) is 120 Å². The maximum Gasteiger partial charge on any atom is 0.0471 e. The Balaban J connectivity index is 1.23. The van der Waals surface area contributed by atoms with Crippen LogP contribution < -0.4 is 0 Å². The van der Waals surface area contributed by atoms with Gasteiger partial charge in [0.05, 0.1) is 0 Å². The van der Waals surface area contributed by atoms with Crippen molar-refractivity contribution >= 4 is 44.3 Å². The number of thiophene rings is 1. The van der Waals surface area contributed by atoms with Crippen LogP contribution >= 0.6 is 11.3 Å². The van der Waals surface area contributed by atoms with Crippen molar-refractivity contribution in [3.63, 3.8) is 0 Å². The van der Waals surface area contributed by atoms with Crippen molar-refractivity contribution in [3.05, 3.63) is 164 Å². The molecular weight excluding hydrogens is 563 g/mol. The van der Waals surface area contributed by atoms with E-state index in [-0.39, 0.29) is 0 Å². The van der Waals surface area contributed by atoms with Gasteiger partial charge in [-0.25, -0.2) is 0 Å². The second kappa shape index (κ2) is 11.2. The lowest BCUT2D eigenvalue weighted by atomic mass is 9.78. The van der Waals surface area contributed by atoms with Gasteiger partial charge >= 0.3 is 0 Å². The fourth-order valence-corrected chi connectivity index (χ4v) is 9.43. The maximum absolute atomic E-state index is 3.71. The van der Waals surface area contributed by atoms with E-state index in [9.17, 15) is 0 Å². The summed E-state index contributed by atoms with van der Waals surface area (Å²) >= 11 is 2.03. The van der Waals surface area contributed by atoms with Crippen molar-refractivity contribution in [1.82, 2.24) is 4.98 Å². The van der Waals surface area contributed by atoms with Crippen molar-refractivity contribution < 1.29 is 0 Å². The van der Waals surface area contributed by atoms with E-state index in [1.807, 2.05) is 11.3 Å². The molecule has 0 saturated heterocycles. The molecule has 9 rings (SSSR count). The van der Waals surface area contributed by atoms with Gasteiger partial charge in [-0.05, 0) is 114 Å². The van der Waals surface area contributed by atoms with Crippen LogP contribution in [0.25, 0.3) is 33.0 Å². The molecule has 1 unspecified atom stereocenters. The summed E-state index contributed by atoms with van der Waals surface area (Å²) in [5, 5.41) is 2.60. The number of para-hydroxylation sites is 1. The van der Waals surface area contributed by atoms with Gasteiger partial charge in [-0.1, -0.05) is 103 Å². The molecule has 4 aliphatic rings. The molecule has 2 heteroatoms. The first-order chi connectivity index (χ1) is 22.3. The molecule has 2 heterocycles. The van der Waals surface area contributed by atoms with Crippen molar-refractivity contribution in [3.8, 4) is 0 Å². The molecular formula is C43H37NS. The molecule has 4 aliphatic carbocycles. The molecule has 1 nitrogen and oxygen atoms in total. The van der Waals surface area contributed by atoms with Crippen LogP contribution in [-0.2, 0) is 12.8 Å². The van der Waals surface area contributed by atoms with Crippen LogP contribution in [0.3, 0.4) is 0 Å². The monoisotopic (exact) mass is 599 g/mol. The molecule has 3 aromatic carbocycles. The Morgan fingerprint density at radius 3 is 2.44 bits per heavy atom. The van der Waals surface area contributed by atoms with Crippen molar-refractivity contribution in [2.24, 2.45) is 5.92 Å². The number of hydrogen-bond donors (Lipinski definition) is 1. The largest absolute Gasteiger partial charge is 0.354 e. The number of benzene rings is 3. The Hall–Kier alpha value is -4.40. The number of H-pyrrole nitrogens is 1. The van der Waals surface area contributed by atoms with Crippen molar-refractivity contribution in [2.75, 3.05) is 0 Å². The van der Waals surface area contributed by atoms with Gasteiger partial charge in [0.2, 0.25) is 0 Å². The maximum atomic E-state index is 3.71. The molecule has 0 saturated carbocycles. The predicted molar refractivity (Wildman–Crippen MR) is 193 cm³/mol. The Morgan fingerprint density at radius 2 is 1.58 bits per heavy atom. The Morgan fingerprint density at radius 1 is 0.711 bits per heavy atom. The summed E-state index contributed by atoms with van der Waals surface area (Å²) in [5.74, 6) is 0.423. The fourth-order valence-electron chi connectivity index (χ4n) is 7.99. The van der Waals surface area contributed by atoms with Crippen molar-refractivity contribution in [1.29, 1.82) is 0 Å².